The van der Waals surface area contributed by atoms with Gasteiger partial charge in [0.25, 0.3) is 0 Å². The highest BCUT2D eigenvalue weighted by atomic mass is 19.4. The van der Waals surface area contributed by atoms with E-state index in [1.54, 1.807) is 4.90 Å². The molecule has 0 bridgehead atoms. The molecule has 19 heavy (non-hydrogen) atoms. The van der Waals surface area contributed by atoms with Crippen molar-refractivity contribution in [1.29, 1.82) is 0 Å². The fraction of sp³-hybridized carbons (Fsp3) is 1.00. The molecule has 1 aliphatic carbocycles. The Morgan fingerprint density at radius 3 is 2.11 bits per heavy atom. The molecular formula is C13H24F3N3. The minimum Gasteiger partial charge on any atom is -0.330 e. The lowest BCUT2D eigenvalue weighted by Gasteiger charge is -2.41. The van der Waals surface area contributed by atoms with Gasteiger partial charge in [-0.2, -0.15) is 13.2 Å². The average molecular weight is 279 g/mol. The van der Waals surface area contributed by atoms with E-state index in [4.69, 9.17) is 5.73 Å². The van der Waals surface area contributed by atoms with E-state index in [2.05, 4.69) is 4.90 Å². The maximum atomic E-state index is 13.0. The Morgan fingerprint density at radius 1 is 1.05 bits per heavy atom. The molecule has 0 amide bonds. The summed E-state index contributed by atoms with van der Waals surface area (Å²) in [6, 6.07) is -0.746. The molecule has 0 aromatic heterocycles. The van der Waals surface area contributed by atoms with Gasteiger partial charge in [-0.05, 0) is 25.8 Å². The van der Waals surface area contributed by atoms with Gasteiger partial charge >= 0.3 is 6.18 Å². The molecule has 2 N–H and O–H groups in total. The first-order chi connectivity index (χ1) is 9.02. The van der Waals surface area contributed by atoms with E-state index in [1.165, 1.54) is 25.7 Å². The summed E-state index contributed by atoms with van der Waals surface area (Å²) in [4.78, 5) is 3.94. The fourth-order valence-corrected chi connectivity index (χ4v) is 3.39. The van der Waals surface area contributed by atoms with Gasteiger partial charge in [0.2, 0.25) is 0 Å². The lowest BCUT2D eigenvalue weighted by molar-refractivity contribution is -0.189. The predicted octanol–water partition coefficient (Wildman–Crippen LogP) is 1.83. The molecule has 2 rings (SSSR count). The van der Waals surface area contributed by atoms with Gasteiger partial charge in [0.15, 0.2) is 0 Å². The zero-order valence-electron chi connectivity index (χ0n) is 11.3. The Labute approximate surface area is 112 Å². The molecular weight excluding hydrogens is 255 g/mol. The van der Waals surface area contributed by atoms with Crippen LogP contribution in [0.1, 0.15) is 32.1 Å². The van der Waals surface area contributed by atoms with E-state index >= 15 is 0 Å². The zero-order chi connectivity index (χ0) is 13.9. The Kier molecular flexibility index (Phi) is 5.09. The van der Waals surface area contributed by atoms with Crippen molar-refractivity contribution < 1.29 is 13.2 Å². The van der Waals surface area contributed by atoms with Gasteiger partial charge in [0.05, 0.1) is 0 Å². The molecule has 1 saturated heterocycles. The van der Waals surface area contributed by atoms with Gasteiger partial charge in [0.1, 0.15) is 6.04 Å². The molecule has 1 saturated carbocycles. The van der Waals surface area contributed by atoms with E-state index < -0.39 is 12.2 Å². The summed E-state index contributed by atoms with van der Waals surface area (Å²) in [5.74, 6) is 0. The van der Waals surface area contributed by atoms with Crippen LogP contribution in [0.25, 0.3) is 0 Å². The Balaban J connectivity index is 1.86. The minimum absolute atomic E-state index is 0.00687. The molecule has 1 heterocycles. The van der Waals surface area contributed by atoms with Crippen LogP contribution in [-0.4, -0.2) is 60.8 Å². The van der Waals surface area contributed by atoms with Crippen molar-refractivity contribution in [2.45, 2.75) is 50.4 Å². The van der Waals surface area contributed by atoms with E-state index in [9.17, 15) is 13.2 Å². The van der Waals surface area contributed by atoms with Crippen molar-refractivity contribution in [3.05, 3.63) is 0 Å². The first-order valence-corrected chi connectivity index (χ1v) is 7.27. The minimum atomic E-state index is -4.16. The second-order valence-corrected chi connectivity index (χ2v) is 5.64. The fourth-order valence-electron chi connectivity index (χ4n) is 3.39. The zero-order valence-corrected chi connectivity index (χ0v) is 11.3. The van der Waals surface area contributed by atoms with E-state index in [1.807, 2.05) is 0 Å². The van der Waals surface area contributed by atoms with E-state index in [0.29, 0.717) is 19.1 Å². The maximum absolute atomic E-state index is 13.0. The number of rotatable bonds is 4. The molecule has 6 heteroatoms. The van der Waals surface area contributed by atoms with Crippen molar-refractivity contribution >= 4 is 0 Å². The maximum Gasteiger partial charge on any atom is 0.404 e. The van der Waals surface area contributed by atoms with Gasteiger partial charge in [-0.3, -0.25) is 9.80 Å². The number of halogens is 3. The molecule has 1 unspecified atom stereocenters. The number of alkyl halides is 3. The number of hydrogen-bond acceptors (Lipinski definition) is 3. The summed E-state index contributed by atoms with van der Waals surface area (Å²) in [7, 11) is 0. The van der Waals surface area contributed by atoms with Gasteiger partial charge in [-0.25, -0.2) is 0 Å². The second-order valence-electron chi connectivity index (χ2n) is 5.64. The highest BCUT2D eigenvalue weighted by Gasteiger charge is 2.43. The smallest absolute Gasteiger partial charge is 0.330 e. The molecule has 2 aliphatic rings. The highest BCUT2D eigenvalue weighted by Crippen LogP contribution is 2.29. The van der Waals surface area contributed by atoms with E-state index in [-0.39, 0.29) is 13.0 Å². The van der Waals surface area contributed by atoms with Crippen LogP contribution >= 0.6 is 0 Å². The number of piperazine rings is 1. The van der Waals surface area contributed by atoms with Gasteiger partial charge < -0.3 is 5.73 Å². The van der Waals surface area contributed by atoms with Crippen molar-refractivity contribution in [1.82, 2.24) is 9.80 Å². The lowest BCUT2D eigenvalue weighted by atomic mass is 10.1. The lowest BCUT2D eigenvalue weighted by Crippen LogP contribution is -2.56. The summed E-state index contributed by atoms with van der Waals surface area (Å²) in [6.45, 7) is 2.65. The summed E-state index contributed by atoms with van der Waals surface area (Å²) >= 11 is 0. The van der Waals surface area contributed by atoms with Crippen LogP contribution in [0.15, 0.2) is 0 Å². The summed E-state index contributed by atoms with van der Waals surface area (Å²) < 4.78 is 38.9. The molecule has 3 nitrogen and oxygen atoms in total. The van der Waals surface area contributed by atoms with Crippen LogP contribution in [0.5, 0.6) is 0 Å². The quantitative estimate of drug-likeness (QED) is 0.852. The van der Waals surface area contributed by atoms with Crippen molar-refractivity contribution in [3.8, 4) is 0 Å². The van der Waals surface area contributed by atoms with Crippen LogP contribution in [0, 0.1) is 0 Å². The molecule has 0 aromatic rings. The number of nitrogens with two attached hydrogens (primary N) is 1. The molecule has 0 radical (unpaired) electrons. The predicted molar refractivity (Wildman–Crippen MR) is 68.9 cm³/mol. The van der Waals surface area contributed by atoms with Gasteiger partial charge in [-0.1, -0.05) is 12.8 Å². The van der Waals surface area contributed by atoms with Crippen molar-refractivity contribution in [3.63, 3.8) is 0 Å². The standard InChI is InChI=1S/C13H24F3N3/c14-13(15,16)12(5-6-17)19-9-7-18(8-10-19)11-3-1-2-4-11/h11-12H,1-10,17H2. The Hall–Kier alpha value is -0.330. The molecule has 112 valence electrons. The Morgan fingerprint density at radius 2 is 1.63 bits per heavy atom. The second kappa shape index (κ2) is 6.41. The van der Waals surface area contributed by atoms with Gasteiger partial charge in [0, 0.05) is 32.2 Å². The number of hydrogen-bond donors (Lipinski definition) is 1. The van der Waals surface area contributed by atoms with Crippen molar-refractivity contribution in [2.24, 2.45) is 5.73 Å². The largest absolute Gasteiger partial charge is 0.404 e. The molecule has 1 aliphatic heterocycles. The van der Waals surface area contributed by atoms with E-state index in [0.717, 1.165) is 13.1 Å². The first-order valence-electron chi connectivity index (χ1n) is 7.27. The summed E-state index contributed by atoms with van der Waals surface area (Å²) in [6.07, 6.45) is 0.811. The first kappa shape index (κ1) is 15.1. The van der Waals surface area contributed by atoms with Crippen LogP contribution in [0.3, 0.4) is 0 Å². The number of nitrogens with zero attached hydrogens (tertiary/aromatic N) is 2. The third-order valence-corrected chi connectivity index (χ3v) is 4.45. The van der Waals surface area contributed by atoms with Crippen LogP contribution in [-0.2, 0) is 0 Å². The van der Waals surface area contributed by atoms with Crippen LogP contribution in [0.2, 0.25) is 0 Å². The average Bonchev–Trinajstić information content (AvgIpc) is 2.89. The summed E-state index contributed by atoms with van der Waals surface area (Å²) in [5.41, 5.74) is 5.32. The third kappa shape index (κ3) is 3.83. The molecule has 1 atom stereocenters. The topological polar surface area (TPSA) is 32.5 Å². The van der Waals surface area contributed by atoms with Crippen LogP contribution < -0.4 is 5.73 Å². The molecule has 2 fully saturated rings. The summed E-state index contributed by atoms with van der Waals surface area (Å²) in [5, 5.41) is 0. The molecule has 0 spiro atoms. The Bertz CT molecular complexity index is 269. The third-order valence-electron chi connectivity index (χ3n) is 4.45. The normalized spacial score (nSPS) is 25.9. The molecule has 0 aromatic carbocycles. The monoisotopic (exact) mass is 279 g/mol. The van der Waals surface area contributed by atoms with Crippen LogP contribution in [0.4, 0.5) is 13.2 Å². The van der Waals surface area contributed by atoms with Crippen molar-refractivity contribution in [2.75, 3.05) is 32.7 Å². The van der Waals surface area contributed by atoms with Gasteiger partial charge in [-0.15, -0.1) is 0 Å². The SMILES string of the molecule is NCCC(N1CCN(C2CCCC2)CC1)C(F)(F)F. The highest BCUT2D eigenvalue weighted by molar-refractivity contribution is 4.87.